The highest BCUT2D eigenvalue weighted by molar-refractivity contribution is 8.14. The van der Waals surface area contributed by atoms with Crippen LogP contribution in [0.3, 0.4) is 0 Å². The van der Waals surface area contributed by atoms with E-state index in [1.165, 1.54) is 29.2 Å². The molecule has 2 atom stereocenters. The van der Waals surface area contributed by atoms with Crippen LogP contribution in [0.25, 0.3) is 6.08 Å². The van der Waals surface area contributed by atoms with Gasteiger partial charge in [0, 0.05) is 42.1 Å². The topological polar surface area (TPSA) is 88.6 Å². The van der Waals surface area contributed by atoms with Gasteiger partial charge in [-0.25, -0.2) is 14.2 Å². The molecule has 1 amide bonds. The monoisotopic (exact) mass is 545 g/mol. The van der Waals surface area contributed by atoms with Crippen molar-refractivity contribution in [2.45, 2.75) is 63.9 Å². The first-order valence-corrected chi connectivity index (χ1v) is 14.1. The molecule has 2 fully saturated rings. The molecule has 7 nitrogen and oxygen atoms in total. The molecular weight excluding hydrogens is 513 g/mol. The maximum Gasteiger partial charge on any atom is 0.413 e. The molecule has 2 unspecified atom stereocenters. The number of likely N-dealkylation sites (tertiary alicyclic amines) is 1. The number of carbonyl (C=O) groups excluding carboxylic acids is 3. The molecule has 0 bridgehead atoms. The van der Waals surface area contributed by atoms with Crippen LogP contribution in [0, 0.1) is 11.7 Å². The van der Waals surface area contributed by atoms with E-state index in [0.29, 0.717) is 35.9 Å². The SMILES string of the molecule is CC(=O)SC1CCN(C(C(=O)C2CC2)c2ccccc2F)C/C1=C/c1csc(NC(=O)OC(C)(C)C)n1. The summed E-state index contributed by atoms with van der Waals surface area (Å²) >= 11 is 2.53. The van der Waals surface area contributed by atoms with E-state index in [4.69, 9.17) is 4.74 Å². The lowest BCUT2D eigenvalue weighted by atomic mass is 9.93. The molecule has 1 saturated carbocycles. The summed E-state index contributed by atoms with van der Waals surface area (Å²) in [5.74, 6) is -0.356. The lowest BCUT2D eigenvalue weighted by Gasteiger charge is -2.38. The third-order valence-electron chi connectivity index (χ3n) is 6.06. The fraction of sp³-hybridized carbons (Fsp3) is 0.481. The number of Topliss-reactive ketones (excluding diaryl/α,β-unsaturated/α-hetero) is 1. The number of ketones is 1. The molecule has 0 spiro atoms. The maximum atomic E-state index is 14.8. The molecular formula is C27H32FN3O4S2. The largest absolute Gasteiger partial charge is 0.444 e. The lowest BCUT2D eigenvalue weighted by molar-refractivity contribution is -0.126. The Balaban J connectivity index is 1.59. The van der Waals surface area contributed by atoms with Crippen molar-refractivity contribution < 1.29 is 23.5 Å². The number of hydrogen-bond acceptors (Lipinski definition) is 8. The third kappa shape index (κ3) is 7.49. The predicted octanol–water partition coefficient (Wildman–Crippen LogP) is 6.09. The molecule has 1 aromatic carbocycles. The Morgan fingerprint density at radius 1 is 1.24 bits per heavy atom. The van der Waals surface area contributed by atoms with Crippen LogP contribution in [-0.2, 0) is 14.3 Å². The molecule has 2 aliphatic rings. The number of nitrogens with one attached hydrogen (secondary N) is 1. The van der Waals surface area contributed by atoms with Crippen molar-refractivity contribution in [3.63, 3.8) is 0 Å². The van der Waals surface area contributed by atoms with Crippen molar-refractivity contribution >= 4 is 51.3 Å². The third-order valence-corrected chi connectivity index (χ3v) is 7.99. The molecule has 4 rings (SSSR count). The molecule has 1 N–H and O–H groups in total. The molecule has 0 radical (unpaired) electrons. The summed E-state index contributed by atoms with van der Waals surface area (Å²) in [7, 11) is 0. The average molecular weight is 546 g/mol. The number of rotatable bonds is 7. The van der Waals surface area contributed by atoms with Gasteiger partial charge in [-0.05, 0) is 57.7 Å². The Hall–Kier alpha value is -2.56. The number of carbonyl (C=O) groups is 3. The minimum Gasteiger partial charge on any atom is -0.444 e. The first-order valence-electron chi connectivity index (χ1n) is 12.4. The number of aromatic nitrogens is 1. The van der Waals surface area contributed by atoms with E-state index in [0.717, 1.165) is 18.4 Å². The van der Waals surface area contributed by atoms with Crippen LogP contribution in [0.5, 0.6) is 0 Å². The predicted molar refractivity (Wildman–Crippen MR) is 145 cm³/mol. The molecule has 2 heterocycles. The standard InChI is InChI=1S/C27H32FN3O4S2/c1-16(32)37-22-11-12-31(23(24(33)17-9-10-17)20-7-5-6-8-21(20)28)14-18(22)13-19-15-36-25(29-19)30-26(34)35-27(2,3)4/h5-8,13,15,17,22-23H,9-12,14H2,1-4H3,(H,29,30,34)/b18-13-. The van der Waals surface area contributed by atoms with Crippen molar-refractivity contribution in [2.24, 2.45) is 5.92 Å². The van der Waals surface area contributed by atoms with Gasteiger partial charge in [0.15, 0.2) is 16.0 Å². The van der Waals surface area contributed by atoms with Gasteiger partial charge in [0.05, 0.1) is 11.7 Å². The minimum atomic E-state index is -0.666. The Bertz CT molecular complexity index is 1200. The van der Waals surface area contributed by atoms with Gasteiger partial charge < -0.3 is 4.74 Å². The zero-order chi connectivity index (χ0) is 26.7. The summed E-state index contributed by atoms with van der Waals surface area (Å²) in [6.45, 7) is 7.88. The van der Waals surface area contributed by atoms with Gasteiger partial charge in [-0.15, -0.1) is 11.3 Å². The number of ether oxygens (including phenoxy) is 1. The van der Waals surface area contributed by atoms with Crippen LogP contribution in [0.2, 0.25) is 0 Å². The second kappa shape index (κ2) is 11.4. The summed E-state index contributed by atoms with van der Waals surface area (Å²) in [5.41, 5.74) is 1.35. The number of thiazole rings is 1. The number of anilines is 1. The highest BCUT2D eigenvalue weighted by atomic mass is 32.2. The smallest absolute Gasteiger partial charge is 0.413 e. The second-order valence-corrected chi connectivity index (χ2v) is 12.6. The molecule has 1 aliphatic heterocycles. The molecule has 37 heavy (non-hydrogen) atoms. The number of thioether (sulfide) groups is 1. The van der Waals surface area contributed by atoms with Crippen LogP contribution in [0.1, 0.15) is 64.3 Å². The maximum absolute atomic E-state index is 14.8. The van der Waals surface area contributed by atoms with Crippen molar-refractivity contribution in [2.75, 3.05) is 18.4 Å². The zero-order valence-corrected chi connectivity index (χ0v) is 23.1. The van der Waals surface area contributed by atoms with Gasteiger partial charge in [0.25, 0.3) is 0 Å². The average Bonchev–Trinajstić information content (AvgIpc) is 3.56. The molecule has 1 aliphatic carbocycles. The molecule has 2 aromatic rings. The first-order chi connectivity index (χ1) is 17.5. The molecule has 1 saturated heterocycles. The summed E-state index contributed by atoms with van der Waals surface area (Å²) in [5, 5.41) is 4.80. The Morgan fingerprint density at radius 3 is 2.62 bits per heavy atom. The van der Waals surface area contributed by atoms with E-state index in [9.17, 15) is 18.8 Å². The second-order valence-electron chi connectivity index (χ2n) is 10.4. The van der Waals surface area contributed by atoms with E-state index >= 15 is 0 Å². The Labute approximate surface area is 224 Å². The first kappa shape index (κ1) is 27.5. The van der Waals surface area contributed by atoms with E-state index in [2.05, 4.69) is 10.3 Å². The number of nitrogens with zero attached hydrogens (tertiary/aromatic N) is 2. The molecule has 10 heteroatoms. The van der Waals surface area contributed by atoms with Crippen molar-refractivity contribution in [3.8, 4) is 0 Å². The van der Waals surface area contributed by atoms with Crippen molar-refractivity contribution in [3.05, 3.63) is 52.3 Å². The minimum absolute atomic E-state index is 0.00891. The normalized spacial score (nSPS) is 20.5. The van der Waals surface area contributed by atoms with Crippen LogP contribution in [-0.4, -0.2) is 50.8 Å². The van der Waals surface area contributed by atoms with Crippen molar-refractivity contribution in [1.29, 1.82) is 0 Å². The van der Waals surface area contributed by atoms with Gasteiger partial charge in [-0.3, -0.25) is 19.8 Å². The summed E-state index contributed by atoms with van der Waals surface area (Å²) in [6, 6.07) is 5.81. The fourth-order valence-electron chi connectivity index (χ4n) is 4.39. The fourth-order valence-corrected chi connectivity index (χ4v) is 5.96. The van der Waals surface area contributed by atoms with Gasteiger partial charge >= 0.3 is 6.09 Å². The lowest BCUT2D eigenvalue weighted by Crippen LogP contribution is -2.43. The van der Waals surface area contributed by atoms with Crippen LogP contribution in [0.15, 0.2) is 35.2 Å². The van der Waals surface area contributed by atoms with E-state index < -0.39 is 17.7 Å². The number of amides is 1. The van der Waals surface area contributed by atoms with Gasteiger partial charge in [-0.1, -0.05) is 30.0 Å². The van der Waals surface area contributed by atoms with E-state index in [1.807, 2.05) is 16.4 Å². The highest BCUT2D eigenvalue weighted by Gasteiger charge is 2.41. The Morgan fingerprint density at radius 2 is 1.97 bits per heavy atom. The summed E-state index contributed by atoms with van der Waals surface area (Å²) < 4.78 is 20.1. The summed E-state index contributed by atoms with van der Waals surface area (Å²) in [4.78, 5) is 43.9. The van der Waals surface area contributed by atoms with Gasteiger partial charge in [0.1, 0.15) is 11.4 Å². The van der Waals surface area contributed by atoms with Gasteiger partial charge in [0.2, 0.25) is 0 Å². The Kier molecular flexibility index (Phi) is 8.50. The van der Waals surface area contributed by atoms with Crippen LogP contribution in [0.4, 0.5) is 14.3 Å². The quantitative estimate of drug-likeness (QED) is 0.451. The van der Waals surface area contributed by atoms with Crippen LogP contribution < -0.4 is 5.32 Å². The van der Waals surface area contributed by atoms with Gasteiger partial charge in [-0.2, -0.15) is 0 Å². The van der Waals surface area contributed by atoms with E-state index in [-0.39, 0.29) is 27.9 Å². The zero-order valence-electron chi connectivity index (χ0n) is 21.5. The van der Waals surface area contributed by atoms with Crippen molar-refractivity contribution in [1.82, 2.24) is 9.88 Å². The van der Waals surface area contributed by atoms with E-state index in [1.54, 1.807) is 45.9 Å². The summed E-state index contributed by atoms with van der Waals surface area (Å²) in [6.07, 6.45) is 3.65. The highest BCUT2D eigenvalue weighted by Crippen LogP contribution is 2.40. The number of hydrogen-bond donors (Lipinski definition) is 1. The number of piperidine rings is 1. The number of benzene rings is 1. The molecule has 1 aromatic heterocycles. The van der Waals surface area contributed by atoms with Crippen LogP contribution >= 0.6 is 23.1 Å². The molecule has 198 valence electrons. The number of halogens is 1.